The number of morpholine rings is 1. The Morgan fingerprint density at radius 1 is 1.21 bits per heavy atom. The van der Waals surface area contributed by atoms with Gasteiger partial charge in [-0.05, 0) is 17.2 Å². The predicted octanol–water partition coefficient (Wildman–Crippen LogP) is 3.37. The highest BCUT2D eigenvalue weighted by Gasteiger charge is 2.16. The quantitative estimate of drug-likeness (QED) is 0.546. The molecule has 1 aromatic carbocycles. The second-order valence-electron chi connectivity index (χ2n) is 6.81. The number of fused-ring (bicyclic) bond motifs is 3. The van der Waals surface area contributed by atoms with E-state index in [1.807, 2.05) is 28.1 Å². The van der Waals surface area contributed by atoms with Crippen molar-refractivity contribution in [1.29, 1.82) is 0 Å². The van der Waals surface area contributed by atoms with E-state index in [-0.39, 0.29) is 5.91 Å². The molecule has 6 nitrogen and oxygen atoms in total. The van der Waals surface area contributed by atoms with Crippen molar-refractivity contribution in [2.75, 3.05) is 26.3 Å². The molecule has 1 aliphatic heterocycles. The van der Waals surface area contributed by atoms with Crippen molar-refractivity contribution in [2.45, 2.75) is 13.1 Å². The normalized spacial score (nSPS) is 15.4. The van der Waals surface area contributed by atoms with Crippen LogP contribution in [0.5, 0.6) is 0 Å². The molecule has 4 aromatic rings. The summed E-state index contributed by atoms with van der Waals surface area (Å²) in [7, 11) is 0. The number of nitrogens with one attached hydrogen (secondary N) is 1. The third-order valence-corrected chi connectivity index (χ3v) is 6.79. The number of imidazole rings is 1. The average Bonchev–Trinajstić information content (AvgIpc) is 3.40. The Labute approximate surface area is 170 Å². The summed E-state index contributed by atoms with van der Waals surface area (Å²) in [5.74, 6) is -0.0480. The van der Waals surface area contributed by atoms with Crippen molar-refractivity contribution >= 4 is 43.9 Å². The molecule has 0 bridgehead atoms. The van der Waals surface area contributed by atoms with Crippen LogP contribution in [0.2, 0.25) is 0 Å². The average molecular weight is 413 g/mol. The molecule has 144 valence electrons. The number of hydrogen-bond acceptors (Lipinski definition) is 6. The van der Waals surface area contributed by atoms with Crippen molar-refractivity contribution < 1.29 is 9.53 Å². The van der Waals surface area contributed by atoms with Gasteiger partial charge in [-0.3, -0.25) is 14.1 Å². The molecule has 4 heterocycles. The van der Waals surface area contributed by atoms with Gasteiger partial charge in [-0.15, -0.1) is 22.7 Å². The van der Waals surface area contributed by atoms with Crippen molar-refractivity contribution in [3.8, 4) is 0 Å². The van der Waals surface area contributed by atoms with E-state index in [1.54, 1.807) is 11.3 Å². The van der Waals surface area contributed by atoms with E-state index >= 15 is 0 Å². The summed E-state index contributed by atoms with van der Waals surface area (Å²) < 4.78 is 7.46. The lowest BCUT2D eigenvalue weighted by Crippen LogP contribution is -2.36. The molecule has 1 fully saturated rings. The molecule has 0 atom stereocenters. The van der Waals surface area contributed by atoms with Gasteiger partial charge >= 0.3 is 0 Å². The largest absolute Gasteiger partial charge is 0.379 e. The molecule has 0 unspecified atom stereocenters. The van der Waals surface area contributed by atoms with E-state index < -0.39 is 0 Å². The Bertz CT molecular complexity index is 1120. The molecule has 0 spiro atoms. The second kappa shape index (κ2) is 7.63. The van der Waals surface area contributed by atoms with Crippen LogP contribution < -0.4 is 5.32 Å². The van der Waals surface area contributed by atoms with Gasteiger partial charge in [-0.25, -0.2) is 4.98 Å². The maximum absolute atomic E-state index is 12.7. The fraction of sp³-hybridized carbons (Fsp3) is 0.300. The summed E-state index contributed by atoms with van der Waals surface area (Å²) in [6.07, 6.45) is 1.99. The van der Waals surface area contributed by atoms with Gasteiger partial charge in [0.1, 0.15) is 4.83 Å². The van der Waals surface area contributed by atoms with Gasteiger partial charge < -0.3 is 10.1 Å². The first-order chi connectivity index (χ1) is 13.8. The van der Waals surface area contributed by atoms with Crippen LogP contribution in [0.25, 0.3) is 15.3 Å². The molecule has 1 amide bonds. The zero-order chi connectivity index (χ0) is 18.9. The third kappa shape index (κ3) is 3.44. The first-order valence-corrected chi connectivity index (χ1v) is 11.0. The highest BCUT2D eigenvalue weighted by molar-refractivity contribution is 7.21. The maximum Gasteiger partial charge on any atom is 0.261 e. The lowest BCUT2D eigenvalue weighted by atomic mass is 10.1. The molecular formula is C20H20N4O2S2. The fourth-order valence-corrected chi connectivity index (χ4v) is 5.22. The molecule has 1 saturated heterocycles. The summed E-state index contributed by atoms with van der Waals surface area (Å²) in [5, 5.41) is 5.08. The van der Waals surface area contributed by atoms with E-state index in [2.05, 4.69) is 33.4 Å². The molecule has 8 heteroatoms. The number of benzene rings is 1. The van der Waals surface area contributed by atoms with Gasteiger partial charge in [0, 0.05) is 37.8 Å². The molecule has 0 saturated carbocycles. The van der Waals surface area contributed by atoms with E-state index in [0.717, 1.165) is 53.7 Å². The Morgan fingerprint density at radius 3 is 2.89 bits per heavy atom. The molecule has 5 rings (SSSR count). The Balaban J connectivity index is 1.29. The van der Waals surface area contributed by atoms with Gasteiger partial charge in [0.2, 0.25) is 0 Å². The van der Waals surface area contributed by atoms with Crippen LogP contribution in [0.4, 0.5) is 0 Å². The zero-order valence-corrected chi connectivity index (χ0v) is 16.9. The Morgan fingerprint density at radius 2 is 2.04 bits per heavy atom. The Kier molecular flexibility index (Phi) is 4.86. The fourth-order valence-electron chi connectivity index (χ4n) is 3.51. The molecule has 0 aliphatic carbocycles. The van der Waals surface area contributed by atoms with Gasteiger partial charge in [-0.1, -0.05) is 24.3 Å². The van der Waals surface area contributed by atoms with E-state index in [9.17, 15) is 4.79 Å². The minimum Gasteiger partial charge on any atom is -0.379 e. The smallest absolute Gasteiger partial charge is 0.261 e. The monoisotopic (exact) mass is 412 g/mol. The van der Waals surface area contributed by atoms with Gasteiger partial charge in [0.15, 0.2) is 4.96 Å². The first kappa shape index (κ1) is 17.8. The van der Waals surface area contributed by atoms with E-state index in [0.29, 0.717) is 11.4 Å². The minimum absolute atomic E-state index is 0.0480. The van der Waals surface area contributed by atoms with Crippen LogP contribution in [-0.2, 0) is 17.8 Å². The number of amides is 1. The number of thiazole rings is 1. The number of thiophene rings is 1. The van der Waals surface area contributed by atoms with Crippen molar-refractivity contribution in [1.82, 2.24) is 19.6 Å². The molecule has 28 heavy (non-hydrogen) atoms. The summed E-state index contributed by atoms with van der Waals surface area (Å²) in [5.41, 5.74) is 3.41. The van der Waals surface area contributed by atoms with Crippen LogP contribution in [0.1, 0.15) is 20.8 Å². The second-order valence-corrected chi connectivity index (χ2v) is 8.71. The van der Waals surface area contributed by atoms with E-state index in [4.69, 9.17) is 4.74 Å². The highest BCUT2D eigenvalue weighted by Crippen LogP contribution is 2.28. The summed E-state index contributed by atoms with van der Waals surface area (Å²) >= 11 is 3.05. The molecule has 1 aliphatic rings. The van der Waals surface area contributed by atoms with Crippen LogP contribution in [0, 0.1) is 0 Å². The summed E-state index contributed by atoms with van der Waals surface area (Å²) in [6.45, 7) is 4.89. The number of rotatable bonds is 5. The zero-order valence-electron chi connectivity index (χ0n) is 15.3. The van der Waals surface area contributed by atoms with Gasteiger partial charge in [0.25, 0.3) is 5.91 Å². The molecular weight excluding hydrogens is 392 g/mol. The van der Waals surface area contributed by atoms with Crippen molar-refractivity contribution in [3.05, 3.63) is 57.9 Å². The van der Waals surface area contributed by atoms with Gasteiger partial charge in [-0.2, -0.15) is 0 Å². The number of carbonyl (C=O) groups excluding carboxylic acids is 1. The number of ether oxygens (including phenoxy) is 1. The standard InChI is InChI=1S/C20H20N4O2S2/c25-18(17-11-16-19(28-17)22-20-24(16)7-10-27-20)21-12-14-3-1-2-4-15(14)13-23-5-8-26-9-6-23/h1-4,7,10-11H,5-6,8-9,12-13H2,(H,21,25). The van der Waals surface area contributed by atoms with Crippen LogP contribution in [-0.4, -0.2) is 46.5 Å². The highest BCUT2D eigenvalue weighted by atomic mass is 32.1. The van der Waals surface area contributed by atoms with Crippen LogP contribution in [0.3, 0.4) is 0 Å². The van der Waals surface area contributed by atoms with Crippen molar-refractivity contribution in [2.24, 2.45) is 0 Å². The minimum atomic E-state index is -0.0480. The van der Waals surface area contributed by atoms with Crippen molar-refractivity contribution in [3.63, 3.8) is 0 Å². The topological polar surface area (TPSA) is 58.9 Å². The number of carbonyl (C=O) groups is 1. The summed E-state index contributed by atoms with van der Waals surface area (Å²) in [4.78, 5) is 22.2. The third-order valence-electron chi connectivity index (χ3n) is 5.02. The first-order valence-electron chi connectivity index (χ1n) is 9.28. The number of nitrogens with zero attached hydrogens (tertiary/aromatic N) is 3. The molecule has 1 N–H and O–H groups in total. The lowest BCUT2D eigenvalue weighted by Gasteiger charge is -2.27. The predicted molar refractivity (Wildman–Crippen MR) is 112 cm³/mol. The SMILES string of the molecule is O=C(NCc1ccccc1CN1CCOCC1)c1cc2c(nc3sccn32)s1. The Hall–Kier alpha value is -2.26. The summed E-state index contributed by atoms with van der Waals surface area (Å²) in [6, 6.07) is 10.2. The molecule has 3 aromatic heterocycles. The lowest BCUT2D eigenvalue weighted by molar-refractivity contribution is 0.0340. The van der Waals surface area contributed by atoms with Crippen LogP contribution >= 0.6 is 22.7 Å². The number of hydrogen-bond donors (Lipinski definition) is 1. The molecule has 0 radical (unpaired) electrons. The maximum atomic E-state index is 12.7. The van der Waals surface area contributed by atoms with Crippen LogP contribution in [0.15, 0.2) is 41.9 Å². The number of aromatic nitrogens is 2. The van der Waals surface area contributed by atoms with Gasteiger partial charge in [0.05, 0.1) is 23.6 Å². The van der Waals surface area contributed by atoms with E-state index in [1.165, 1.54) is 16.9 Å².